The van der Waals surface area contributed by atoms with Crippen LogP contribution in [0.4, 0.5) is 0 Å². The lowest BCUT2D eigenvalue weighted by atomic mass is 9.85. The topological polar surface area (TPSA) is 20.2 Å². The van der Waals surface area contributed by atoms with E-state index >= 15 is 0 Å². The first-order valence-electron chi connectivity index (χ1n) is 8.16. The van der Waals surface area contributed by atoms with Crippen LogP contribution < -0.4 is 0 Å². The molecule has 0 heterocycles. The second kappa shape index (κ2) is 5.16. The minimum absolute atomic E-state index is 0.0582. The van der Waals surface area contributed by atoms with Crippen molar-refractivity contribution in [3.05, 3.63) is 41.0 Å². The molecular formula is C20H25ClO. The summed E-state index contributed by atoms with van der Waals surface area (Å²) in [6, 6.07) is 8.40. The maximum Gasteiger partial charge on any atom is 0.123 e. The summed E-state index contributed by atoms with van der Waals surface area (Å²) >= 11 is 6.52. The molecular weight excluding hydrogens is 292 g/mol. The number of aromatic hydroxyl groups is 1. The summed E-state index contributed by atoms with van der Waals surface area (Å²) in [7, 11) is 0. The van der Waals surface area contributed by atoms with Gasteiger partial charge in [-0.2, -0.15) is 0 Å². The number of phenolic OH excluding ortho intramolecular Hbond substituents is 1. The molecule has 0 saturated carbocycles. The zero-order valence-electron chi connectivity index (χ0n) is 14.1. The molecule has 2 atom stereocenters. The number of alkyl halides is 1. The lowest BCUT2D eigenvalue weighted by Gasteiger charge is -2.20. The van der Waals surface area contributed by atoms with E-state index in [4.69, 9.17) is 11.6 Å². The normalized spacial score (nSPS) is 21.3. The fraction of sp³-hybridized carbons (Fsp3) is 0.500. The molecule has 0 aliphatic heterocycles. The Hall–Kier alpha value is -1.21. The van der Waals surface area contributed by atoms with Crippen molar-refractivity contribution < 1.29 is 5.11 Å². The lowest BCUT2D eigenvalue weighted by Crippen LogP contribution is -2.14. The molecule has 2 heteroatoms. The van der Waals surface area contributed by atoms with Gasteiger partial charge in [-0.3, -0.25) is 0 Å². The molecule has 2 unspecified atom stereocenters. The third-order valence-corrected chi connectivity index (χ3v) is 5.54. The van der Waals surface area contributed by atoms with Crippen LogP contribution in [0.15, 0.2) is 24.3 Å². The molecule has 0 spiro atoms. The van der Waals surface area contributed by atoms with Crippen LogP contribution in [0.3, 0.4) is 0 Å². The van der Waals surface area contributed by atoms with Crippen LogP contribution in [0.1, 0.15) is 69.6 Å². The van der Waals surface area contributed by atoms with E-state index in [0.717, 1.165) is 11.8 Å². The number of phenols is 1. The Labute approximate surface area is 138 Å². The molecule has 0 fully saturated rings. The third-order valence-electron chi connectivity index (χ3n) is 5.23. The molecule has 3 rings (SSSR count). The van der Waals surface area contributed by atoms with E-state index in [1.54, 1.807) is 0 Å². The van der Waals surface area contributed by atoms with Gasteiger partial charge in [0.15, 0.2) is 0 Å². The van der Waals surface area contributed by atoms with Crippen molar-refractivity contribution in [1.29, 1.82) is 0 Å². The summed E-state index contributed by atoms with van der Waals surface area (Å²) in [6.45, 7) is 11.0. The molecule has 22 heavy (non-hydrogen) atoms. The third kappa shape index (κ3) is 2.31. The maximum absolute atomic E-state index is 10.5. The molecule has 0 aromatic heterocycles. The highest BCUT2D eigenvalue weighted by Crippen LogP contribution is 2.52. The van der Waals surface area contributed by atoms with Gasteiger partial charge in [-0.1, -0.05) is 45.9 Å². The zero-order valence-corrected chi connectivity index (χ0v) is 14.8. The highest BCUT2D eigenvalue weighted by Gasteiger charge is 2.40. The van der Waals surface area contributed by atoms with Gasteiger partial charge in [-0.15, -0.1) is 11.6 Å². The molecule has 1 aliphatic carbocycles. The van der Waals surface area contributed by atoms with Crippen molar-refractivity contribution in [2.45, 2.75) is 63.7 Å². The maximum atomic E-state index is 10.5. The minimum atomic E-state index is 0.0582. The Morgan fingerprint density at radius 2 is 1.82 bits per heavy atom. The van der Waals surface area contributed by atoms with E-state index in [1.807, 2.05) is 6.07 Å². The predicted molar refractivity (Wildman–Crippen MR) is 95.4 cm³/mol. The number of halogens is 1. The Morgan fingerprint density at radius 3 is 2.41 bits per heavy atom. The van der Waals surface area contributed by atoms with Crippen LogP contribution in [-0.4, -0.2) is 10.5 Å². The number of benzene rings is 2. The molecule has 0 radical (unpaired) electrons. The molecule has 2 aromatic carbocycles. The molecule has 1 nitrogen and oxygen atoms in total. The molecule has 2 aromatic rings. The molecule has 0 amide bonds. The van der Waals surface area contributed by atoms with Crippen LogP contribution in [0, 0.1) is 0 Å². The van der Waals surface area contributed by atoms with Crippen LogP contribution >= 0.6 is 11.6 Å². The minimum Gasteiger partial charge on any atom is -0.507 e. The number of rotatable bonds is 2. The van der Waals surface area contributed by atoms with Gasteiger partial charge in [0.05, 0.1) is 0 Å². The van der Waals surface area contributed by atoms with Gasteiger partial charge >= 0.3 is 0 Å². The average Bonchev–Trinajstić information content (AvgIpc) is 2.71. The van der Waals surface area contributed by atoms with E-state index in [1.165, 1.54) is 22.1 Å². The molecule has 0 saturated heterocycles. The molecule has 0 bridgehead atoms. The largest absolute Gasteiger partial charge is 0.507 e. The van der Waals surface area contributed by atoms with Crippen molar-refractivity contribution in [1.82, 2.24) is 0 Å². The van der Waals surface area contributed by atoms with Gasteiger partial charge in [0.25, 0.3) is 0 Å². The van der Waals surface area contributed by atoms with Gasteiger partial charge in [-0.25, -0.2) is 0 Å². The Morgan fingerprint density at radius 1 is 1.14 bits per heavy atom. The first kappa shape index (κ1) is 15.7. The second-order valence-electron chi connectivity index (χ2n) is 7.69. The van der Waals surface area contributed by atoms with Crippen molar-refractivity contribution >= 4 is 22.4 Å². The van der Waals surface area contributed by atoms with E-state index in [0.29, 0.717) is 17.6 Å². The monoisotopic (exact) mass is 316 g/mol. The van der Waals surface area contributed by atoms with Gasteiger partial charge < -0.3 is 5.11 Å². The fourth-order valence-corrected chi connectivity index (χ4v) is 4.13. The quantitative estimate of drug-likeness (QED) is 0.667. The number of hydrogen-bond acceptors (Lipinski definition) is 1. The van der Waals surface area contributed by atoms with Crippen LogP contribution in [0.2, 0.25) is 0 Å². The van der Waals surface area contributed by atoms with E-state index in [2.05, 4.69) is 52.8 Å². The number of fused-ring (bicyclic) bond motifs is 3. The van der Waals surface area contributed by atoms with Gasteiger partial charge in [0, 0.05) is 16.7 Å². The summed E-state index contributed by atoms with van der Waals surface area (Å²) in [5.74, 6) is 1.21. The lowest BCUT2D eigenvalue weighted by molar-refractivity contribution is 0.462. The van der Waals surface area contributed by atoms with Gasteiger partial charge in [0.2, 0.25) is 0 Å². The van der Waals surface area contributed by atoms with Crippen molar-refractivity contribution in [3.63, 3.8) is 0 Å². The Balaban J connectivity index is 2.38. The van der Waals surface area contributed by atoms with Gasteiger partial charge in [-0.05, 0) is 52.8 Å². The first-order chi connectivity index (χ1) is 10.2. The summed E-state index contributed by atoms with van der Waals surface area (Å²) < 4.78 is 0. The number of hydrogen-bond donors (Lipinski definition) is 1. The standard InChI is InChI=1S/C20H25ClO/c1-11(2)13-6-7-14-15(8-13)19-16(12(3)21)10-20(4,5)17(19)9-18(14)22/h6-9,11-12,16,22H,10H2,1-5H3. The van der Waals surface area contributed by atoms with Crippen LogP contribution in [0.25, 0.3) is 10.8 Å². The van der Waals surface area contributed by atoms with Crippen molar-refractivity contribution in [3.8, 4) is 5.75 Å². The first-order valence-corrected chi connectivity index (χ1v) is 8.60. The van der Waals surface area contributed by atoms with E-state index < -0.39 is 0 Å². The Bertz CT molecular complexity index is 728. The van der Waals surface area contributed by atoms with Crippen LogP contribution in [-0.2, 0) is 5.41 Å². The second-order valence-corrected chi connectivity index (χ2v) is 8.38. The van der Waals surface area contributed by atoms with Crippen molar-refractivity contribution in [2.24, 2.45) is 0 Å². The summed E-state index contributed by atoms with van der Waals surface area (Å²) in [5.41, 5.74) is 3.98. The summed E-state index contributed by atoms with van der Waals surface area (Å²) in [5, 5.41) is 12.7. The van der Waals surface area contributed by atoms with Gasteiger partial charge in [0.1, 0.15) is 5.75 Å². The van der Waals surface area contributed by atoms with E-state index in [9.17, 15) is 5.11 Å². The average molecular weight is 317 g/mol. The Kier molecular flexibility index (Phi) is 3.68. The smallest absolute Gasteiger partial charge is 0.123 e. The SMILES string of the molecule is CC(C)c1ccc2c(O)cc3c(c2c1)C(C(C)Cl)CC3(C)C. The van der Waals surface area contributed by atoms with Crippen molar-refractivity contribution in [2.75, 3.05) is 0 Å². The molecule has 1 N–H and O–H groups in total. The van der Waals surface area contributed by atoms with Crippen LogP contribution in [0.5, 0.6) is 5.75 Å². The summed E-state index contributed by atoms with van der Waals surface area (Å²) in [6.07, 6.45) is 1.04. The highest BCUT2D eigenvalue weighted by molar-refractivity contribution is 6.21. The zero-order chi connectivity index (χ0) is 16.2. The highest BCUT2D eigenvalue weighted by atomic mass is 35.5. The molecule has 1 aliphatic rings. The summed E-state index contributed by atoms with van der Waals surface area (Å²) in [4.78, 5) is 0. The predicted octanol–water partition coefficient (Wildman–Crippen LogP) is 6.06. The fourth-order valence-electron chi connectivity index (χ4n) is 3.92. The van der Waals surface area contributed by atoms with E-state index in [-0.39, 0.29) is 10.8 Å². The molecule has 118 valence electrons.